The standard InChI is InChI=1S/C7H8/c1-7-5-3-2-4-6-7/h6H,3,5H2,1H3. The molecule has 0 bridgehead atoms. The maximum atomic E-state index is 2.99. The molecule has 0 atom stereocenters. The lowest BCUT2D eigenvalue weighted by Gasteiger charge is -1.95. The summed E-state index contributed by atoms with van der Waals surface area (Å²) in [7, 11) is 0. The van der Waals surface area contributed by atoms with Gasteiger partial charge in [0.05, 0.1) is 0 Å². The van der Waals surface area contributed by atoms with Crippen molar-refractivity contribution in [3.05, 3.63) is 11.6 Å². The first-order chi connectivity index (χ1) is 3.39. The molecule has 0 spiro atoms. The van der Waals surface area contributed by atoms with E-state index in [0.29, 0.717) is 0 Å². The summed E-state index contributed by atoms with van der Waals surface area (Å²) in [6, 6.07) is 0. The van der Waals surface area contributed by atoms with E-state index in [9.17, 15) is 0 Å². The van der Waals surface area contributed by atoms with Crippen molar-refractivity contribution in [2.45, 2.75) is 19.8 Å². The van der Waals surface area contributed by atoms with Crippen LogP contribution in [-0.2, 0) is 0 Å². The predicted octanol–water partition coefficient (Wildman–Crippen LogP) is 1.73. The maximum Gasteiger partial charge on any atom is 0.0130 e. The lowest BCUT2D eigenvalue weighted by Crippen LogP contribution is -1.78. The quantitative estimate of drug-likeness (QED) is 0.399. The lowest BCUT2D eigenvalue weighted by molar-refractivity contribution is 0.993. The fourth-order valence-corrected chi connectivity index (χ4v) is 0.578. The highest BCUT2D eigenvalue weighted by molar-refractivity contribution is 5.24. The number of hydrogen-bond donors (Lipinski definition) is 0. The summed E-state index contributed by atoms with van der Waals surface area (Å²) in [6.45, 7) is 2.12. The van der Waals surface area contributed by atoms with Crippen molar-refractivity contribution in [2.24, 2.45) is 0 Å². The first-order valence-electron chi connectivity index (χ1n) is 2.53. The van der Waals surface area contributed by atoms with Crippen LogP contribution in [0.5, 0.6) is 0 Å². The van der Waals surface area contributed by atoms with Gasteiger partial charge in [0.15, 0.2) is 0 Å². The third-order valence-corrected chi connectivity index (χ3v) is 1.06. The van der Waals surface area contributed by atoms with Crippen molar-refractivity contribution in [1.29, 1.82) is 0 Å². The largest absolute Gasteiger partial charge is 0.0982 e. The van der Waals surface area contributed by atoms with Crippen molar-refractivity contribution >= 4 is 0 Å². The summed E-state index contributed by atoms with van der Waals surface area (Å²) in [5.74, 6) is 5.91. The van der Waals surface area contributed by atoms with Crippen LogP contribution in [0.4, 0.5) is 0 Å². The molecule has 0 aromatic carbocycles. The Balaban J connectivity index is 2.67. The summed E-state index contributed by atoms with van der Waals surface area (Å²) >= 11 is 0. The number of hydrogen-bond acceptors (Lipinski definition) is 0. The third kappa shape index (κ3) is 1.08. The van der Waals surface area contributed by atoms with Gasteiger partial charge in [-0.3, -0.25) is 0 Å². The van der Waals surface area contributed by atoms with Gasteiger partial charge in [-0.25, -0.2) is 0 Å². The highest BCUT2D eigenvalue weighted by Gasteiger charge is 1.87. The van der Waals surface area contributed by atoms with E-state index in [1.807, 2.05) is 6.08 Å². The van der Waals surface area contributed by atoms with E-state index >= 15 is 0 Å². The van der Waals surface area contributed by atoms with Crippen molar-refractivity contribution in [3.8, 4) is 11.8 Å². The summed E-state index contributed by atoms with van der Waals surface area (Å²) in [6.07, 6.45) is 4.22. The van der Waals surface area contributed by atoms with Gasteiger partial charge >= 0.3 is 0 Å². The Morgan fingerprint density at radius 3 is 2.86 bits per heavy atom. The molecular formula is C7H8. The van der Waals surface area contributed by atoms with Crippen LogP contribution in [0.25, 0.3) is 0 Å². The second kappa shape index (κ2) is 1.84. The molecule has 1 rings (SSSR count). The smallest absolute Gasteiger partial charge is 0.0130 e. The average molecular weight is 92.1 g/mol. The van der Waals surface area contributed by atoms with E-state index in [2.05, 4.69) is 18.8 Å². The zero-order chi connectivity index (χ0) is 5.11. The molecule has 1 aliphatic carbocycles. The summed E-state index contributed by atoms with van der Waals surface area (Å²) in [5, 5.41) is 0. The molecule has 0 aliphatic heterocycles. The minimum absolute atomic E-state index is 1.06. The van der Waals surface area contributed by atoms with E-state index in [4.69, 9.17) is 0 Å². The summed E-state index contributed by atoms with van der Waals surface area (Å²) < 4.78 is 0. The van der Waals surface area contributed by atoms with Crippen LogP contribution < -0.4 is 0 Å². The van der Waals surface area contributed by atoms with Crippen molar-refractivity contribution in [2.75, 3.05) is 0 Å². The molecule has 0 saturated heterocycles. The van der Waals surface area contributed by atoms with Gasteiger partial charge in [0.2, 0.25) is 0 Å². The molecule has 0 nitrogen and oxygen atoms in total. The molecular weight excluding hydrogens is 84.1 g/mol. The van der Waals surface area contributed by atoms with Crippen molar-refractivity contribution in [3.63, 3.8) is 0 Å². The van der Waals surface area contributed by atoms with Gasteiger partial charge in [0.25, 0.3) is 0 Å². The highest BCUT2D eigenvalue weighted by Crippen LogP contribution is 2.04. The average Bonchev–Trinajstić information content (AvgIpc) is 1.69. The van der Waals surface area contributed by atoms with Crippen LogP contribution in [0.1, 0.15) is 19.8 Å². The van der Waals surface area contributed by atoms with Crippen LogP contribution in [0.2, 0.25) is 0 Å². The Morgan fingerprint density at radius 1 is 1.71 bits per heavy atom. The van der Waals surface area contributed by atoms with Crippen LogP contribution in [-0.4, -0.2) is 0 Å². The molecule has 36 valence electrons. The third-order valence-electron chi connectivity index (χ3n) is 1.06. The second-order valence-electron chi connectivity index (χ2n) is 1.81. The van der Waals surface area contributed by atoms with Gasteiger partial charge in [0, 0.05) is 6.42 Å². The maximum absolute atomic E-state index is 2.99. The normalized spacial score (nSPS) is 17.0. The minimum atomic E-state index is 1.06. The van der Waals surface area contributed by atoms with Crippen LogP contribution >= 0.6 is 0 Å². The van der Waals surface area contributed by atoms with Gasteiger partial charge in [-0.05, 0) is 19.4 Å². The summed E-state index contributed by atoms with van der Waals surface area (Å²) in [4.78, 5) is 0. The molecule has 0 heterocycles. The van der Waals surface area contributed by atoms with Crippen LogP contribution in [0, 0.1) is 11.8 Å². The topological polar surface area (TPSA) is 0 Å². The molecule has 0 amide bonds. The lowest BCUT2D eigenvalue weighted by atomic mass is 10.1. The van der Waals surface area contributed by atoms with Gasteiger partial charge < -0.3 is 0 Å². The monoisotopic (exact) mass is 92.1 g/mol. The van der Waals surface area contributed by atoms with Crippen LogP contribution in [0.3, 0.4) is 0 Å². The van der Waals surface area contributed by atoms with Gasteiger partial charge in [-0.15, -0.1) is 0 Å². The fraction of sp³-hybridized carbons (Fsp3) is 0.429. The van der Waals surface area contributed by atoms with Gasteiger partial charge in [-0.1, -0.05) is 17.4 Å². The first-order valence-corrected chi connectivity index (χ1v) is 2.53. The Kier molecular flexibility index (Phi) is 1.17. The minimum Gasteiger partial charge on any atom is -0.0982 e. The van der Waals surface area contributed by atoms with Gasteiger partial charge in [-0.2, -0.15) is 0 Å². The van der Waals surface area contributed by atoms with E-state index in [-0.39, 0.29) is 0 Å². The van der Waals surface area contributed by atoms with E-state index < -0.39 is 0 Å². The Hall–Kier alpha value is -0.700. The van der Waals surface area contributed by atoms with Crippen molar-refractivity contribution in [1.82, 2.24) is 0 Å². The van der Waals surface area contributed by atoms with Crippen molar-refractivity contribution < 1.29 is 0 Å². The Morgan fingerprint density at radius 2 is 2.57 bits per heavy atom. The molecule has 0 saturated carbocycles. The Labute approximate surface area is 44.2 Å². The zero-order valence-electron chi connectivity index (χ0n) is 4.49. The predicted molar refractivity (Wildman–Crippen MR) is 30.8 cm³/mol. The fourth-order valence-electron chi connectivity index (χ4n) is 0.578. The molecule has 1 aliphatic rings. The number of allylic oxidation sites excluding steroid dienone is 2. The highest BCUT2D eigenvalue weighted by atomic mass is 13.9. The first kappa shape index (κ1) is 4.46. The molecule has 0 aromatic rings. The molecule has 0 aromatic heterocycles. The molecule has 0 fully saturated rings. The molecule has 7 heavy (non-hydrogen) atoms. The SMILES string of the molecule is CC1=CC#CCC1. The zero-order valence-corrected chi connectivity index (χ0v) is 4.49. The molecule has 0 heteroatoms. The molecule has 0 radical (unpaired) electrons. The van der Waals surface area contributed by atoms with E-state index in [0.717, 1.165) is 6.42 Å². The molecule has 0 N–H and O–H groups in total. The van der Waals surface area contributed by atoms with E-state index in [1.165, 1.54) is 12.0 Å². The molecule has 0 unspecified atom stereocenters. The van der Waals surface area contributed by atoms with Gasteiger partial charge in [0.1, 0.15) is 0 Å². The Bertz CT molecular complexity index is 141. The van der Waals surface area contributed by atoms with Crippen LogP contribution in [0.15, 0.2) is 11.6 Å². The van der Waals surface area contributed by atoms with E-state index in [1.54, 1.807) is 0 Å². The second-order valence-corrected chi connectivity index (χ2v) is 1.81. The summed E-state index contributed by atoms with van der Waals surface area (Å²) in [5.41, 5.74) is 1.42. The number of rotatable bonds is 0.